The lowest BCUT2D eigenvalue weighted by atomic mass is 10.00. The molecule has 0 saturated heterocycles. The lowest BCUT2D eigenvalue weighted by Crippen LogP contribution is -1.98. The van der Waals surface area contributed by atoms with Gasteiger partial charge >= 0.3 is 0 Å². The van der Waals surface area contributed by atoms with E-state index in [2.05, 4.69) is 9.98 Å². The first-order chi connectivity index (χ1) is 11.8. The lowest BCUT2D eigenvalue weighted by Gasteiger charge is -2.04. The molecule has 3 aromatic rings. The molecular formula is C20H10N2O2. The van der Waals surface area contributed by atoms with Crippen LogP contribution in [0.5, 0.6) is 0 Å². The summed E-state index contributed by atoms with van der Waals surface area (Å²) in [5, 5.41) is 4.70. The third kappa shape index (κ3) is 1.47. The number of hydrogen-bond acceptors (Lipinski definition) is 4. The monoisotopic (exact) mass is 310 g/mol. The Morgan fingerprint density at radius 2 is 1.04 bits per heavy atom. The molecule has 24 heavy (non-hydrogen) atoms. The summed E-state index contributed by atoms with van der Waals surface area (Å²) in [7, 11) is 0. The number of rotatable bonds is 2. The molecule has 0 amide bonds. The highest BCUT2D eigenvalue weighted by Gasteiger charge is 2.21. The highest BCUT2D eigenvalue weighted by atomic mass is 16.1. The second-order valence-electron chi connectivity index (χ2n) is 5.77. The molecule has 3 aromatic carbocycles. The second kappa shape index (κ2) is 4.55. The highest BCUT2D eigenvalue weighted by Crippen LogP contribution is 2.35. The van der Waals surface area contributed by atoms with Crippen LogP contribution in [0.2, 0.25) is 0 Å². The maximum Gasteiger partial charge on any atom is 0.152 e. The maximum atomic E-state index is 11.9. The summed E-state index contributed by atoms with van der Waals surface area (Å²) >= 11 is 0. The Balaban J connectivity index is 2.21. The Bertz CT molecular complexity index is 1280. The number of hydrogen-bond donors (Lipinski definition) is 0. The summed E-state index contributed by atoms with van der Waals surface area (Å²) < 4.78 is 0. The second-order valence-corrected chi connectivity index (χ2v) is 5.77. The van der Waals surface area contributed by atoms with Gasteiger partial charge in [-0.3, -0.25) is 9.59 Å². The zero-order valence-corrected chi connectivity index (χ0v) is 12.5. The standard InChI is InChI=1S/C20H10N2O2/c23-9-13-17-11-5-1-3-7-15(11)21-19(17)14(10-24)18-12-6-2-4-8-16(12)22-20(13)18/h1-10H. The zero-order valence-electron chi connectivity index (χ0n) is 12.5. The molecule has 0 radical (unpaired) electrons. The van der Waals surface area contributed by atoms with Crippen LogP contribution in [0.4, 0.5) is 11.4 Å². The molecule has 112 valence electrons. The lowest BCUT2D eigenvalue weighted by molar-refractivity contribution is 0.111. The molecule has 0 aliphatic carbocycles. The fourth-order valence-corrected chi connectivity index (χ4v) is 3.57. The van der Waals surface area contributed by atoms with Gasteiger partial charge in [0, 0.05) is 20.9 Å². The minimum absolute atomic E-state index is 0.496. The van der Waals surface area contributed by atoms with Crippen LogP contribution in [-0.4, -0.2) is 12.6 Å². The summed E-state index contributed by atoms with van der Waals surface area (Å²) in [4.78, 5) is 33.0. The van der Waals surface area contributed by atoms with Gasteiger partial charge in [0.15, 0.2) is 12.6 Å². The van der Waals surface area contributed by atoms with Crippen LogP contribution in [0.3, 0.4) is 0 Å². The molecule has 0 fully saturated rings. The smallest absolute Gasteiger partial charge is 0.152 e. The van der Waals surface area contributed by atoms with Gasteiger partial charge in [0.25, 0.3) is 0 Å². The van der Waals surface area contributed by atoms with Crippen LogP contribution in [0.25, 0.3) is 0 Å². The molecule has 4 heteroatoms. The van der Waals surface area contributed by atoms with Crippen LogP contribution < -0.4 is 10.7 Å². The molecule has 2 aliphatic rings. The Hall–Kier alpha value is -3.40. The Kier molecular flexibility index (Phi) is 2.48. The molecule has 0 atom stereocenters. The average Bonchev–Trinajstić information content (AvgIpc) is 3.18. The largest absolute Gasteiger partial charge is 0.298 e. The van der Waals surface area contributed by atoms with Gasteiger partial charge in [0.2, 0.25) is 0 Å². The van der Waals surface area contributed by atoms with Crippen molar-refractivity contribution < 1.29 is 9.59 Å². The summed E-state index contributed by atoms with van der Waals surface area (Å²) in [5.41, 5.74) is 2.13. The molecule has 0 unspecified atom stereocenters. The van der Waals surface area contributed by atoms with E-state index in [0.29, 0.717) is 32.9 Å². The molecule has 2 aliphatic heterocycles. The van der Waals surface area contributed by atoms with Crippen molar-refractivity contribution in [3.8, 4) is 0 Å². The van der Waals surface area contributed by atoms with Crippen molar-refractivity contribution in [2.75, 3.05) is 0 Å². The minimum Gasteiger partial charge on any atom is -0.298 e. The van der Waals surface area contributed by atoms with Crippen LogP contribution in [0.1, 0.15) is 20.7 Å². The first-order valence-corrected chi connectivity index (χ1v) is 7.60. The molecular weight excluding hydrogens is 300 g/mol. The van der Waals surface area contributed by atoms with E-state index in [-0.39, 0.29) is 0 Å². The number of aldehydes is 2. The molecule has 0 saturated carbocycles. The average molecular weight is 310 g/mol. The first kappa shape index (κ1) is 13.1. The summed E-state index contributed by atoms with van der Waals surface area (Å²) in [6.07, 6.45) is 1.64. The predicted octanol–water partition coefficient (Wildman–Crippen LogP) is 2.41. The SMILES string of the molecule is O=Cc1c2c(c(C=O)c3c1=c1ccccc1=N3)=c1ccccc1=N2. The zero-order chi connectivity index (χ0) is 16.3. The number of benzene rings is 3. The number of nitrogens with zero attached hydrogens (tertiary/aromatic N) is 2. The van der Waals surface area contributed by atoms with E-state index in [1.165, 1.54) is 0 Å². The Labute approximate surface area is 135 Å². The van der Waals surface area contributed by atoms with Crippen LogP contribution >= 0.6 is 0 Å². The third-order valence-electron chi connectivity index (χ3n) is 4.57. The number of fused-ring (bicyclic) bond motifs is 4. The van der Waals surface area contributed by atoms with Gasteiger partial charge in [-0.2, -0.15) is 0 Å². The van der Waals surface area contributed by atoms with Crippen molar-refractivity contribution in [3.05, 3.63) is 91.2 Å². The highest BCUT2D eigenvalue weighted by molar-refractivity contribution is 5.94. The maximum absolute atomic E-state index is 11.9. The fourth-order valence-electron chi connectivity index (χ4n) is 3.57. The first-order valence-electron chi connectivity index (χ1n) is 7.60. The van der Waals surface area contributed by atoms with Crippen molar-refractivity contribution in [1.29, 1.82) is 0 Å². The van der Waals surface area contributed by atoms with E-state index in [1.807, 2.05) is 48.5 Å². The van der Waals surface area contributed by atoms with Crippen LogP contribution in [0, 0.1) is 20.9 Å². The number of carbonyl (C=O) groups is 2. The summed E-state index contributed by atoms with van der Waals surface area (Å²) in [6, 6.07) is 15.2. The van der Waals surface area contributed by atoms with Crippen molar-refractivity contribution in [2.24, 2.45) is 9.98 Å². The molecule has 0 N–H and O–H groups in total. The molecule has 4 nitrogen and oxygen atoms in total. The molecule has 0 spiro atoms. The Morgan fingerprint density at radius 3 is 1.46 bits per heavy atom. The number of carbonyl (C=O) groups excluding carboxylic acids is 2. The van der Waals surface area contributed by atoms with Gasteiger partial charge < -0.3 is 0 Å². The fraction of sp³-hybridized carbons (Fsp3) is 0. The van der Waals surface area contributed by atoms with Crippen LogP contribution in [-0.2, 0) is 0 Å². The van der Waals surface area contributed by atoms with Gasteiger partial charge in [-0.15, -0.1) is 0 Å². The van der Waals surface area contributed by atoms with E-state index in [4.69, 9.17) is 0 Å². The number of para-hydroxylation sites is 2. The van der Waals surface area contributed by atoms with Gasteiger partial charge in [0.1, 0.15) is 0 Å². The van der Waals surface area contributed by atoms with E-state index < -0.39 is 0 Å². The summed E-state index contributed by atoms with van der Waals surface area (Å²) in [5.74, 6) is 0. The van der Waals surface area contributed by atoms with E-state index in [0.717, 1.165) is 33.7 Å². The third-order valence-corrected chi connectivity index (χ3v) is 4.57. The molecule has 0 bridgehead atoms. The van der Waals surface area contributed by atoms with E-state index in [1.54, 1.807) is 0 Å². The minimum atomic E-state index is 0.496. The van der Waals surface area contributed by atoms with Gasteiger partial charge in [-0.05, 0) is 12.1 Å². The van der Waals surface area contributed by atoms with Gasteiger partial charge in [-0.1, -0.05) is 36.4 Å². The van der Waals surface area contributed by atoms with Gasteiger partial charge in [-0.25, -0.2) is 9.98 Å². The predicted molar refractivity (Wildman–Crippen MR) is 87.1 cm³/mol. The quantitative estimate of drug-likeness (QED) is 0.470. The van der Waals surface area contributed by atoms with Gasteiger partial charge in [0.05, 0.1) is 33.2 Å². The van der Waals surface area contributed by atoms with Crippen molar-refractivity contribution in [3.63, 3.8) is 0 Å². The normalized spacial score (nSPS) is 12.3. The van der Waals surface area contributed by atoms with Crippen LogP contribution in [0.15, 0.2) is 58.5 Å². The van der Waals surface area contributed by atoms with Crippen molar-refractivity contribution in [1.82, 2.24) is 0 Å². The molecule has 2 heterocycles. The van der Waals surface area contributed by atoms with Crippen molar-refractivity contribution in [2.45, 2.75) is 0 Å². The van der Waals surface area contributed by atoms with E-state index in [9.17, 15) is 9.59 Å². The Morgan fingerprint density at radius 1 is 0.625 bits per heavy atom. The molecule has 0 aromatic heterocycles. The van der Waals surface area contributed by atoms with E-state index >= 15 is 0 Å². The topological polar surface area (TPSA) is 58.9 Å². The van der Waals surface area contributed by atoms with Crippen molar-refractivity contribution >= 4 is 23.9 Å². The summed E-state index contributed by atoms with van der Waals surface area (Å²) in [6.45, 7) is 0. The molecule has 5 rings (SSSR count).